The third-order valence-corrected chi connectivity index (χ3v) is 4.70. The molecule has 2 N–H and O–H groups in total. The number of imide groups is 1. The first-order valence-electron chi connectivity index (χ1n) is 7.87. The molecule has 2 aromatic rings. The molecular weight excluding hydrogens is 362 g/mol. The predicted molar refractivity (Wildman–Crippen MR) is 98.6 cm³/mol. The van der Waals surface area contributed by atoms with Crippen LogP contribution in [0.3, 0.4) is 0 Å². The Morgan fingerprint density at radius 1 is 1.28 bits per heavy atom. The van der Waals surface area contributed by atoms with Crippen molar-refractivity contribution in [3.05, 3.63) is 29.3 Å². The lowest BCUT2D eigenvalue weighted by atomic mass is 10.2. The fraction of sp³-hybridized carbons (Fsp3) is 0.375. The number of aromatic nitrogens is 3. The predicted octanol–water partition coefficient (Wildman–Crippen LogP) is 2.85. The monoisotopic (exact) mass is 381 g/mol. The second kappa shape index (κ2) is 9.43. The first kappa shape index (κ1) is 19.3. The Kier molecular flexibility index (Phi) is 7.27. The summed E-state index contributed by atoms with van der Waals surface area (Å²) < 4.78 is 1.76. The fourth-order valence-electron chi connectivity index (χ4n) is 2.03. The standard InChI is InChI=1S/C16H20ClN5O2S/c1-3-4-9-18-15(24)19-13(23)10-25-16-21-20-14(22(16)2)11-7-5-6-8-12(11)17/h5-8H,3-4,9-10H2,1-2H3,(H2,18,19,23,24). The van der Waals surface area contributed by atoms with Crippen molar-refractivity contribution in [3.63, 3.8) is 0 Å². The molecule has 9 heteroatoms. The van der Waals surface area contributed by atoms with Crippen LogP contribution in [0.15, 0.2) is 29.4 Å². The quantitative estimate of drug-likeness (QED) is 0.568. The number of amides is 3. The molecule has 3 amide bonds. The average molecular weight is 382 g/mol. The number of hydrogen-bond acceptors (Lipinski definition) is 5. The van der Waals surface area contributed by atoms with Crippen molar-refractivity contribution in [1.82, 2.24) is 25.4 Å². The number of benzene rings is 1. The van der Waals surface area contributed by atoms with Gasteiger partial charge in [-0.25, -0.2) is 4.79 Å². The van der Waals surface area contributed by atoms with Gasteiger partial charge in [0.15, 0.2) is 11.0 Å². The van der Waals surface area contributed by atoms with Gasteiger partial charge in [-0.15, -0.1) is 10.2 Å². The summed E-state index contributed by atoms with van der Waals surface area (Å²) >= 11 is 7.38. The Balaban J connectivity index is 1.91. The van der Waals surface area contributed by atoms with E-state index in [1.807, 2.05) is 25.1 Å². The van der Waals surface area contributed by atoms with Gasteiger partial charge in [-0.05, 0) is 18.6 Å². The number of halogens is 1. The smallest absolute Gasteiger partial charge is 0.321 e. The molecule has 0 atom stereocenters. The van der Waals surface area contributed by atoms with Crippen molar-refractivity contribution in [2.75, 3.05) is 12.3 Å². The average Bonchev–Trinajstić information content (AvgIpc) is 2.94. The molecule has 7 nitrogen and oxygen atoms in total. The summed E-state index contributed by atoms with van der Waals surface area (Å²) in [6.45, 7) is 2.58. The summed E-state index contributed by atoms with van der Waals surface area (Å²) in [5, 5.41) is 14.3. The maximum absolute atomic E-state index is 11.8. The highest BCUT2D eigenvalue weighted by molar-refractivity contribution is 7.99. The molecule has 134 valence electrons. The van der Waals surface area contributed by atoms with E-state index in [2.05, 4.69) is 20.8 Å². The minimum Gasteiger partial charge on any atom is -0.338 e. The third-order valence-electron chi connectivity index (χ3n) is 3.35. The number of urea groups is 1. The van der Waals surface area contributed by atoms with Gasteiger partial charge in [-0.2, -0.15) is 0 Å². The van der Waals surface area contributed by atoms with E-state index >= 15 is 0 Å². The largest absolute Gasteiger partial charge is 0.338 e. The molecule has 1 aromatic carbocycles. The van der Waals surface area contributed by atoms with E-state index in [-0.39, 0.29) is 11.7 Å². The minimum atomic E-state index is -0.478. The topological polar surface area (TPSA) is 88.9 Å². The zero-order chi connectivity index (χ0) is 18.2. The molecular formula is C16H20ClN5O2S. The molecule has 0 unspecified atom stereocenters. The zero-order valence-electron chi connectivity index (χ0n) is 14.1. The van der Waals surface area contributed by atoms with Crippen LogP contribution >= 0.6 is 23.4 Å². The first-order chi connectivity index (χ1) is 12.0. The van der Waals surface area contributed by atoms with Crippen LogP contribution in [-0.4, -0.2) is 39.0 Å². The number of nitrogens with one attached hydrogen (secondary N) is 2. The molecule has 0 bridgehead atoms. The van der Waals surface area contributed by atoms with Gasteiger partial charge < -0.3 is 9.88 Å². The number of hydrogen-bond donors (Lipinski definition) is 2. The van der Waals surface area contributed by atoms with E-state index in [0.29, 0.717) is 22.5 Å². The van der Waals surface area contributed by atoms with Crippen molar-refractivity contribution >= 4 is 35.3 Å². The van der Waals surface area contributed by atoms with E-state index in [1.54, 1.807) is 17.7 Å². The molecule has 0 fully saturated rings. The summed E-state index contributed by atoms with van der Waals surface area (Å²) in [5.41, 5.74) is 0.769. The number of thioether (sulfide) groups is 1. The Morgan fingerprint density at radius 2 is 2.04 bits per heavy atom. The minimum absolute atomic E-state index is 0.0652. The van der Waals surface area contributed by atoms with Crippen molar-refractivity contribution in [2.24, 2.45) is 7.05 Å². The van der Waals surface area contributed by atoms with Crippen LogP contribution < -0.4 is 10.6 Å². The number of nitrogens with zero attached hydrogens (tertiary/aromatic N) is 3. The summed E-state index contributed by atoms with van der Waals surface area (Å²) in [6, 6.07) is 6.87. The van der Waals surface area contributed by atoms with Crippen LogP contribution in [0.5, 0.6) is 0 Å². The molecule has 0 spiro atoms. The van der Waals surface area contributed by atoms with Crippen LogP contribution in [0.4, 0.5) is 4.79 Å². The highest BCUT2D eigenvalue weighted by atomic mass is 35.5. The normalized spacial score (nSPS) is 10.5. The molecule has 1 aromatic heterocycles. The Bertz CT molecular complexity index is 750. The fourth-order valence-corrected chi connectivity index (χ4v) is 2.96. The molecule has 25 heavy (non-hydrogen) atoms. The first-order valence-corrected chi connectivity index (χ1v) is 9.24. The van der Waals surface area contributed by atoms with Crippen LogP contribution in [0.1, 0.15) is 19.8 Å². The molecule has 2 rings (SSSR count). The number of carbonyl (C=O) groups is 2. The second-order valence-electron chi connectivity index (χ2n) is 5.29. The van der Waals surface area contributed by atoms with E-state index in [0.717, 1.165) is 18.4 Å². The maximum Gasteiger partial charge on any atom is 0.321 e. The van der Waals surface area contributed by atoms with Gasteiger partial charge in [0.05, 0.1) is 10.8 Å². The lowest BCUT2D eigenvalue weighted by Gasteiger charge is -2.06. The molecule has 0 aliphatic heterocycles. The molecule has 0 radical (unpaired) electrons. The van der Waals surface area contributed by atoms with E-state index in [4.69, 9.17) is 11.6 Å². The summed E-state index contributed by atoms with van der Waals surface area (Å²) in [7, 11) is 1.80. The van der Waals surface area contributed by atoms with Crippen molar-refractivity contribution in [2.45, 2.75) is 24.9 Å². The summed E-state index contributed by atoms with van der Waals surface area (Å²) in [5.74, 6) is 0.294. The summed E-state index contributed by atoms with van der Waals surface area (Å²) in [4.78, 5) is 23.4. The molecule has 0 aliphatic rings. The lowest BCUT2D eigenvalue weighted by Crippen LogP contribution is -2.40. The van der Waals surface area contributed by atoms with Gasteiger partial charge in [0.25, 0.3) is 0 Å². The van der Waals surface area contributed by atoms with Crippen molar-refractivity contribution in [3.8, 4) is 11.4 Å². The van der Waals surface area contributed by atoms with Crippen LogP contribution in [0.2, 0.25) is 5.02 Å². The van der Waals surface area contributed by atoms with Gasteiger partial charge in [0.2, 0.25) is 5.91 Å². The summed E-state index contributed by atoms with van der Waals surface area (Å²) in [6.07, 6.45) is 1.85. The van der Waals surface area contributed by atoms with Crippen molar-refractivity contribution in [1.29, 1.82) is 0 Å². The van der Waals surface area contributed by atoms with Crippen molar-refractivity contribution < 1.29 is 9.59 Å². The number of unbranched alkanes of at least 4 members (excludes halogenated alkanes) is 1. The molecule has 1 heterocycles. The third kappa shape index (κ3) is 5.47. The van der Waals surface area contributed by atoms with Gasteiger partial charge >= 0.3 is 6.03 Å². The highest BCUT2D eigenvalue weighted by Gasteiger charge is 2.15. The SMILES string of the molecule is CCCCNC(=O)NC(=O)CSc1nnc(-c2ccccc2Cl)n1C. The zero-order valence-corrected chi connectivity index (χ0v) is 15.7. The van der Waals surface area contributed by atoms with E-state index < -0.39 is 6.03 Å². The van der Waals surface area contributed by atoms with Gasteiger partial charge in [0.1, 0.15) is 0 Å². The Hall–Kier alpha value is -2.06. The van der Waals surface area contributed by atoms with Gasteiger partial charge in [-0.3, -0.25) is 10.1 Å². The number of carbonyl (C=O) groups excluding carboxylic acids is 2. The Morgan fingerprint density at radius 3 is 2.76 bits per heavy atom. The molecule has 0 saturated carbocycles. The number of rotatable bonds is 7. The molecule has 0 aliphatic carbocycles. The van der Waals surface area contributed by atoms with Gasteiger partial charge in [-0.1, -0.05) is 48.8 Å². The van der Waals surface area contributed by atoms with Crippen LogP contribution in [0.25, 0.3) is 11.4 Å². The van der Waals surface area contributed by atoms with E-state index in [9.17, 15) is 9.59 Å². The molecule has 0 saturated heterocycles. The van der Waals surface area contributed by atoms with Crippen LogP contribution in [0, 0.1) is 0 Å². The Labute approximate surface area is 155 Å². The second-order valence-corrected chi connectivity index (χ2v) is 6.64. The van der Waals surface area contributed by atoms with Crippen LogP contribution in [-0.2, 0) is 11.8 Å². The highest BCUT2D eigenvalue weighted by Crippen LogP contribution is 2.28. The van der Waals surface area contributed by atoms with E-state index in [1.165, 1.54) is 11.8 Å². The van der Waals surface area contributed by atoms with Gasteiger partial charge in [0, 0.05) is 19.2 Å². The maximum atomic E-state index is 11.8. The lowest BCUT2D eigenvalue weighted by molar-refractivity contribution is -0.117.